The highest BCUT2D eigenvalue weighted by Crippen LogP contribution is 2.46. The Morgan fingerprint density at radius 1 is 1.15 bits per heavy atom. The Morgan fingerprint density at radius 3 is 2.60 bits per heavy atom. The SMILES string of the molecule is O=C(c1cccs1)N1CCN([C@H]2C[C@H]3CC[C@@H]2C3)CC1. The van der Waals surface area contributed by atoms with Gasteiger partial charge in [-0.05, 0) is 42.5 Å². The zero-order chi connectivity index (χ0) is 13.5. The van der Waals surface area contributed by atoms with Crippen molar-refractivity contribution in [2.45, 2.75) is 31.7 Å². The monoisotopic (exact) mass is 290 g/mol. The molecule has 3 aliphatic rings. The summed E-state index contributed by atoms with van der Waals surface area (Å²) in [6.45, 7) is 3.96. The van der Waals surface area contributed by atoms with E-state index < -0.39 is 0 Å². The average Bonchev–Trinajstić information content (AvgIpc) is 3.23. The van der Waals surface area contributed by atoms with Gasteiger partial charge in [0.25, 0.3) is 5.91 Å². The van der Waals surface area contributed by atoms with Crippen molar-refractivity contribution < 1.29 is 4.79 Å². The number of piperazine rings is 1. The van der Waals surface area contributed by atoms with Crippen molar-refractivity contribution in [3.63, 3.8) is 0 Å². The molecule has 0 aromatic carbocycles. The summed E-state index contributed by atoms with van der Waals surface area (Å²) in [4.78, 5) is 17.9. The second kappa shape index (κ2) is 5.15. The van der Waals surface area contributed by atoms with Gasteiger partial charge in [-0.3, -0.25) is 9.69 Å². The molecule has 1 saturated heterocycles. The molecule has 3 fully saturated rings. The van der Waals surface area contributed by atoms with Crippen LogP contribution in [0.25, 0.3) is 0 Å². The van der Waals surface area contributed by atoms with Gasteiger partial charge in [0.05, 0.1) is 4.88 Å². The van der Waals surface area contributed by atoms with E-state index in [4.69, 9.17) is 0 Å². The standard InChI is InChI=1S/C16H22N2OS/c19-16(15-2-1-9-20-15)18-7-5-17(6-8-18)14-11-12-3-4-13(14)10-12/h1-2,9,12-14H,3-8,10-11H2/t12-,13+,14-/m0/s1. The van der Waals surface area contributed by atoms with Gasteiger partial charge in [0.15, 0.2) is 0 Å². The van der Waals surface area contributed by atoms with E-state index in [1.165, 1.54) is 25.7 Å². The van der Waals surface area contributed by atoms with Crippen LogP contribution in [0.3, 0.4) is 0 Å². The molecule has 4 rings (SSSR count). The van der Waals surface area contributed by atoms with Crippen molar-refractivity contribution in [3.05, 3.63) is 22.4 Å². The Bertz CT molecular complexity index is 479. The maximum absolute atomic E-state index is 12.3. The van der Waals surface area contributed by atoms with Gasteiger partial charge in [-0.1, -0.05) is 12.5 Å². The Labute approximate surface area is 124 Å². The molecule has 4 heteroatoms. The first-order valence-corrected chi connectivity index (χ1v) is 8.76. The fourth-order valence-corrected chi connectivity index (χ4v) is 5.16. The first kappa shape index (κ1) is 12.8. The van der Waals surface area contributed by atoms with Gasteiger partial charge in [0.2, 0.25) is 0 Å². The molecule has 0 radical (unpaired) electrons. The van der Waals surface area contributed by atoms with E-state index in [1.807, 2.05) is 22.4 Å². The zero-order valence-corrected chi connectivity index (χ0v) is 12.6. The lowest BCUT2D eigenvalue weighted by molar-refractivity contribution is 0.0499. The lowest BCUT2D eigenvalue weighted by atomic mass is 9.93. The van der Waals surface area contributed by atoms with Gasteiger partial charge >= 0.3 is 0 Å². The maximum Gasteiger partial charge on any atom is 0.264 e. The van der Waals surface area contributed by atoms with E-state index in [9.17, 15) is 4.79 Å². The van der Waals surface area contributed by atoms with Gasteiger partial charge < -0.3 is 4.90 Å². The van der Waals surface area contributed by atoms with Crippen molar-refractivity contribution in [3.8, 4) is 0 Å². The predicted octanol–water partition coefficient (Wildman–Crippen LogP) is 2.69. The van der Waals surface area contributed by atoms with Crippen molar-refractivity contribution in [2.75, 3.05) is 26.2 Å². The summed E-state index contributed by atoms with van der Waals surface area (Å²) in [7, 11) is 0. The van der Waals surface area contributed by atoms with Crippen LogP contribution in [0.15, 0.2) is 17.5 Å². The highest BCUT2D eigenvalue weighted by molar-refractivity contribution is 7.12. The Balaban J connectivity index is 1.35. The molecule has 2 bridgehead atoms. The third kappa shape index (κ3) is 2.19. The molecule has 1 aromatic rings. The van der Waals surface area contributed by atoms with Crippen molar-refractivity contribution in [1.82, 2.24) is 9.80 Å². The molecule has 1 aliphatic heterocycles. The molecule has 0 spiro atoms. The quantitative estimate of drug-likeness (QED) is 0.836. The van der Waals surface area contributed by atoms with Gasteiger partial charge in [0, 0.05) is 32.2 Å². The number of carbonyl (C=O) groups excluding carboxylic acids is 1. The third-order valence-corrected chi connectivity index (χ3v) is 6.36. The molecule has 1 amide bonds. The molecule has 2 heterocycles. The van der Waals surface area contributed by atoms with Crippen LogP contribution < -0.4 is 0 Å². The van der Waals surface area contributed by atoms with Crippen LogP contribution in [-0.2, 0) is 0 Å². The zero-order valence-electron chi connectivity index (χ0n) is 11.8. The van der Waals surface area contributed by atoms with Gasteiger partial charge in [-0.2, -0.15) is 0 Å². The maximum atomic E-state index is 12.3. The highest BCUT2D eigenvalue weighted by atomic mass is 32.1. The van der Waals surface area contributed by atoms with Gasteiger partial charge in [-0.25, -0.2) is 0 Å². The minimum absolute atomic E-state index is 0.229. The summed E-state index contributed by atoms with van der Waals surface area (Å²) in [5, 5.41) is 1.98. The molecule has 108 valence electrons. The highest BCUT2D eigenvalue weighted by Gasteiger charge is 2.42. The number of hydrogen-bond acceptors (Lipinski definition) is 3. The fraction of sp³-hybridized carbons (Fsp3) is 0.688. The number of amides is 1. The van der Waals surface area contributed by atoms with Crippen LogP contribution >= 0.6 is 11.3 Å². The van der Waals surface area contributed by atoms with Crippen LogP contribution in [0.5, 0.6) is 0 Å². The van der Waals surface area contributed by atoms with Crippen molar-refractivity contribution in [2.24, 2.45) is 11.8 Å². The molecule has 0 unspecified atom stereocenters. The number of nitrogens with zero attached hydrogens (tertiary/aromatic N) is 2. The van der Waals surface area contributed by atoms with Crippen LogP contribution in [-0.4, -0.2) is 47.9 Å². The Morgan fingerprint density at radius 2 is 2.00 bits per heavy atom. The summed E-state index contributed by atoms with van der Waals surface area (Å²) in [6.07, 6.45) is 5.81. The summed E-state index contributed by atoms with van der Waals surface area (Å²) in [6, 6.07) is 4.73. The average molecular weight is 290 g/mol. The Hall–Kier alpha value is -0.870. The number of hydrogen-bond donors (Lipinski definition) is 0. The molecule has 2 aliphatic carbocycles. The number of rotatable bonds is 2. The molecular weight excluding hydrogens is 268 g/mol. The van der Waals surface area contributed by atoms with E-state index in [0.29, 0.717) is 0 Å². The van der Waals surface area contributed by atoms with E-state index in [-0.39, 0.29) is 5.91 Å². The molecule has 1 aromatic heterocycles. The summed E-state index contributed by atoms with van der Waals surface area (Å²) in [5.41, 5.74) is 0. The lowest BCUT2D eigenvalue weighted by Gasteiger charge is -2.40. The van der Waals surface area contributed by atoms with E-state index in [2.05, 4.69) is 4.90 Å². The molecule has 2 saturated carbocycles. The number of thiophene rings is 1. The minimum Gasteiger partial charge on any atom is -0.335 e. The first-order chi connectivity index (χ1) is 9.81. The fourth-order valence-electron chi connectivity index (χ4n) is 4.47. The van der Waals surface area contributed by atoms with Crippen molar-refractivity contribution >= 4 is 17.2 Å². The normalized spacial score (nSPS) is 33.8. The van der Waals surface area contributed by atoms with E-state index in [1.54, 1.807) is 11.3 Å². The molecular formula is C16H22N2OS. The molecule has 3 atom stereocenters. The van der Waals surface area contributed by atoms with Crippen LogP contribution in [0, 0.1) is 11.8 Å². The largest absolute Gasteiger partial charge is 0.335 e. The van der Waals surface area contributed by atoms with Crippen molar-refractivity contribution in [1.29, 1.82) is 0 Å². The molecule has 20 heavy (non-hydrogen) atoms. The summed E-state index contributed by atoms with van der Waals surface area (Å²) in [5.74, 6) is 2.20. The smallest absolute Gasteiger partial charge is 0.264 e. The van der Waals surface area contributed by atoms with Gasteiger partial charge in [-0.15, -0.1) is 11.3 Å². The third-order valence-electron chi connectivity index (χ3n) is 5.50. The molecule has 0 N–H and O–H groups in total. The van der Waals surface area contributed by atoms with Crippen LogP contribution in [0.1, 0.15) is 35.4 Å². The summed E-state index contributed by atoms with van der Waals surface area (Å²) < 4.78 is 0. The topological polar surface area (TPSA) is 23.6 Å². The van der Waals surface area contributed by atoms with E-state index >= 15 is 0 Å². The van der Waals surface area contributed by atoms with Gasteiger partial charge in [0.1, 0.15) is 0 Å². The second-order valence-electron chi connectivity index (χ2n) is 6.55. The van der Waals surface area contributed by atoms with Crippen LogP contribution in [0.4, 0.5) is 0 Å². The first-order valence-electron chi connectivity index (χ1n) is 7.88. The predicted molar refractivity (Wildman–Crippen MR) is 81.0 cm³/mol. The van der Waals surface area contributed by atoms with Crippen LogP contribution in [0.2, 0.25) is 0 Å². The Kier molecular flexibility index (Phi) is 3.31. The minimum atomic E-state index is 0.229. The number of carbonyl (C=O) groups is 1. The second-order valence-corrected chi connectivity index (χ2v) is 7.50. The molecule has 3 nitrogen and oxygen atoms in total. The summed E-state index contributed by atoms with van der Waals surface area (Å²) >= 11 is 1.56. The van der Waals surface area contributed by atoms with E-state index in [0.717, 1.165) is 48.9 Å². The lowest BCUT2D eigenvalue weighted by Crippen LogP contribution is -2.53. The number of fused-ring (bicyclic) bond motifs is 2.